The zero-order valence-corrected chi connectivity index (χ0v) is 13.9. The fourth-order valence-corrected chi connectivity index (χ4v) is 3.14. The van der Waals surface area contributed by atoms with Crippen molar-refractivity contribution in [2.24, 2.45) is 11.7 Å². The van der Waals surface area contributed by atoms with Crippen LogP contribution in [-0.4, -0.2) is 33.3 Å². The quantitative estimate of drug-likeness (QED) is 0.893. The molecule has 0 bridgehead atoms. The van der Waals surface area contributed by atoms with Crippen LogP contribution in [0.3, 0.4) is 0 Å². The van der Waals surface area contributed by atoms with Gasteiger partial charge < -0.3 is 11.1 Å². The van der Waals surface area contributed by atoms with Gasteiger partial charge in [0.25, 0.3) is 5.91 Å². The van der Waals surface area contributed by atoms with E-state index in [0.717, 1.165) is 30.5 Å². The number of nitrogens with one attached hydrogen (secondary N) is 1. The summed E-state index contributed by atoms with van der Waals surface area (Å²) in [5.74, 6) is 0.381. The maximum Gasteiger partial charge on any atom is 0.251 e. The predicted octanol–water partition coefficient (Wildman–Crippen LogP) is 1.85. The SMILES string of the molecule is Cc1cc(-n2cncn2)ccc1C(=O)NC1CCCC1CN.Cl. The molecular weight excluding hydrogens is 314 g/mol. The van der Waals surface area contributed by atoms with Crippen LogP contribution in [0.15, 0.2) is 30.9 Å². The van der Waals surface area contributed by atoms with E-state index in [-0.39, 0.29) is 24.4 Å². The molecule has 7 heteroatoms. The number of amides is 1. The minimum Gasteiger partial charge on any atom is -0.349 e. The Bertz CT molecular complexity index is 658. The van der Waals surface area contributed by atoms with Gasteiger partial charge in [-0.3, -0.25) is 4.79 Å². The van der Waals surface area contributed by atoms with Crippen LogP contribution in [0.4, 0.5) is 0 Å². The third kappa shape index (κ3) is 3.71. The van der Waals surface area contributed by atoms with Crippen LogP contribution in [0.25, 0.3) is 5.69 Å². The van der Waals surface area contributed by atoms with Gasteiger partial charge in [0.15, 0.2) is 0 Å². The summed E-state index contributed by atoms with van der Waals surface area (Å²) >= 11 is 0. The zero-order valence-electron chi connectivity index (χ0n) is 13.1. The summed E-state index contributed by atoms with van der Waals surface area (Å²) in [6.07, 6.45) is 6.38. The van der Waals surface area contributed by atoms with Gasteiger partial charge in [-0.05, 0) is 56.0 Å². The molecule has 1 fully saturated rings. The molecule has 1 aliphatic rings. The summed E-state index contributed by atoms with van der Waals surface area (Å²) in [4.78, 5) is 16.4. The highest BCUT2D eigenvalue weighted by atomic mass is 35.5. The Morgan fingerprint density at radius 3 is 2.91 bits per heavy atom. The van der Waals surface area contributed by atoms with Gasteiger partial charge >= 0.3 is 0 Å². The Hall–Kier alpha value is -1.92. The maximum absolute atomic E-state index is 12.5. The van der Waals surface area contributed by atoms with E-state index in [1.54, 1.807) is 11.0 Å². The van der Waals surface area contributed by atoms with Crippen LogP contribution < -0.4 is 11.1 Å². The second-order valence-corrected chi connectivity index (χ2v) is 5.85. The summed E-state index contributed by atoms with van der Waals surface area (Å²) in [6, 6.07) is 5.87. The molecule has 0 spiro atoms. The topological polar surface area (TPSA) is 85.8 Å². The smallest absolute Gasteiger partial charge is 0.251 e. The molecule has 23 heavy (non-hydrogen) atoms. The lowest BCUT2D eigenvalue weighted by molar-refractivity contribution is 0.0928. The van der Waals surface area contributed by atoms with Crippen molar-refractivity contribution in [2.45, 2.75) is 32.2 Å². The van der Waals surface area contributed by atoms with Crippen molar-refractivity contribution in [2.75, 3.05) is 6.54 Å². The predicted molar refractivity (Wildman–Crippen MR) is 91.0 cm³/mol. The van der Waals surface area contributed by atoms with Crippen molar-refractivity contribution in [1.82, 2.24) is 20.1 Å². The highest BCUT2D eigenvalue weighted by Crippen LogP contribution is 2.25. The monoisotopic (exact) mass is 335 g/mol. The molecule has 1 amide bonds. The second kappa shape index (κ2) is 7.57. The molecule has 0 radical (unpaired) electrons. The van der Waals surface area contributed by atoms with Crippen LogP contribution in [0.1, 0.15) is 35.2 Å². The molecule has 124 valence electrons. The van der Waals surface area contributed by atoms with E-state index >= 15 is 0 Å². The van der Waals surface area contributed by atoms with E-state index in [9.17, 15) is 4.79 Å². The number of carbonyl (C=O) groups is 1. The van der Waals surface area contributed by atoms with Gasteiger partial charge in [-0.15, -0.1) is 12.4 Å². The zero-order chi connectivity index (χ0) is 15.5. The Morgan fingerprint density at radius 1 is 1.43 bits per heavy atom. The molecule has 3 N–H and O–H groups in total. The molecular formula is C16H22ClN5O. The van der Waals surface area contributed by atoms with Gasteiger partial charge in [0.2, 0.25) is 0 Å². The van der Waals surface area contributed by atoms with E-state index < -0.39 is 0 Å². The molecule has 3 rings (SSSR count). The lowest BCUT2D eigenvalue weighted by Gasteiger charge is -2.20. The average Bonchev–Trinajstić information content (AvgIpc) is 3.18. The molecule has 1 aliphatic carbocycles. The number of benzene rings is 1. The third-order valence-corrected chi connectivity index (χ3v) is 4.42. The van der Waals surface area contributed by atoms with Crippen molar-refractivity contribution in [3.63, 3.8) is 0 Å². The fourth-order valence-electron chi connectivity index (χ4n) is 3.14. The van der Waals surface area contributed by atoms with E-state index in [4.69, 9.17) is 5.73 Å². The van der Waals surface area contributed by atoms with Gasteiger partial charge in [-0.2, -0.15) is 5.10 Å². The Balaban J connectivity index is 0.00000192. The van der Waals surface area contributed by atoms with Crippen LogP contribution in [0.5, 0.6) is 0 Å². The second-order valence-electron chi connectivity index (χ2n) is 5.85. The number of rotatable bonds is 4. The Labute approximate surface area is 141 Å². The molecule has 2 aromatic rings. The van der Waals surface area contributed by atoms with E-state index in [0.29, 0.717) is 18.0 Å². The number of halogens is 1. The molecule has 0 aliphatic heterocycles. The Kier molecular flexibility index (Phi) is 5.74. The van der Waals surface area contributed by atoms with Gasteiger partial charge in [-0.1, -0.05) is 6.42 Å². The minimum atomic E-state index is -0.0204. The fraction of sp³-hybridized carbons (Fsp3) is 0.438. The number of carbonyl (C=O) groups excluding carboxylic acids is 1. The van der Waals surface area contributed by atoms with Gasteiger partial charge in [0.05, 0.1) is 5.69 Å². The van der Waals surface area contributed by atoms with E-state index in [2.05, 4.69) is 15.4 Å². The number of nitrogens with two attached hydrogens (primary N) is 1. The van der Waals surface area contributed by atoms with Gasteiger partial charge in [0, 0.05) is 11.6 Å². The first-order chi connectivity index (χ1) is 10.7. The summed E-state index contributed by atoms with van der Waals surface area (Å²) in [6.45, 7) is 2.57. The van der Waals surface area contributed by atoms with E-state index in [1.807, 2.05) is 25.1 Å². The molecule has 1 heterocycles. The number of nitrogens with zero attached hydrogens (tertiary/aromatic N) is 3. The van der Waals surface area contributed by atoms with Crippen molar-refractivity contribution < 1.29 is 4.79 Å². The van der Waals surface area contributed by atoms with Gasteiger partial charge in [-0.25, -0.2) is 9.67 Å². The lowest BCUT2D eigenvalue weighted by atomic mass is 10.0. The molecule has 1 saturated carbocycles. The van der Waals surface area contributed by atoms with Crippen LogP contribution in [-0.2, 0) is 0 Å². The number of hydrogen-bond acceptors (Lipinski definition) is 4. The summed E-state index contributed by atoms with van der Waals surface area (Å²) < 4.78 is 1.68. The summed E-state index contributed by atoms with van der Waals surface area (Å²) in [5.41, 5.74) is 8.30. The van der Waals surface area contributed by atoms with Crippen molar-refractivity contribution in [3.05, 3.63) is 42.0 Å². The normalized spacial score (nSPS) is 20.1. The standard InChI is InChI=1S/C16H21N5O.ClH/c1-11-7-13(21-10-18-9-19-21)5-6-14(11)16(22)20-15-4-2-3-12(15)8-17;/h5-7,9-10,12,15H,2-4,8,17H2,1H3,(H,20,22);1H. The first kappa shape index (κ1) is 17.4. The highest BCUT2D eigenvalue weighted by molar-refractivity contribution is 5.96. The first-order valence-electron chi connectivity index (χ1n) is 7.65. The van der Waals surface area contributed by atoms with Crippen molar-refractivity contribution >= 4 is 18.3 Å². The molecule has 1 aromatic carbocycles. The summed E-state index contributed by atoms with van der Waals surface area (Å²) in [5, 5.41) is 7.23. The van der Waals surface area contributed by atoms with E-state index in [1.165, 1.54) is 6.33 Å². The highest BCUT2D eigenvalue weighted by Gasteiger charge is 2.27. The molecule has 6 nitrogen and oxygen atoms in total. The average molecular weight is 336 g/mol. The van der Waals surface area contributed by atoms with Crippen molar-refractivity contribution in [1.29, 1.82) is 0 Å². The van der Waals surface area contributed by atoms with Gasteiger partial charge in [0.1, 0.15) is 12.7 Å². The minimum absolute atomic E-state index is 0. The first-order valence-corrected chi connectivity index (χ1v) is 7.65. The Morgan fingerprint density at radius 2 is 2.26 bits per heavy atom. The third-order valence-electron chi connectivity index (χ3n) is 4.42. The van der Waals surface area contributed by atoms with Crippen molar-refractivity contribution in [3.8, 4) is 5.69 Å². The number of hydrogen-bond donors (Lipinski definition) is 2. The maximum atomic E-state index is 12.5. The van der Waals surface area contributed by atoms with Crippen LogP contribution in [0.2, 0.25) is 0 Å². The van der Waals surface area contributed by atoms with Crippen LogP contribution >= 0.6 is 12.4 Å². The lowest BCUT2D eigenvalue weighted by Crippen LogP contribution is -2.40. The molecule has 2 unspecified atom stereocenters. The molecule has 1 aromatic heterocycles. The molecule has 2 atom stereocenters. The summed E-state index contributed by atoms with van der Waals surface area (Å²) in [7, 11) is 0. The number of aryl methyl sites for hydroxylation is 1. The number of aromatic nitrogens is 3. The molecule has 0 saturated heterocycles. The van der Waals surface area contributed by atoms with Crippen LogP contribution in [0, 0.1) is 12.8 Å². The largest absolute Gasteiger partial charge is 0.349 e.